The lowest BCUT2D eigenvalue weighted by Gasteiger charge is -2.41. The smallest absolute Gasteiger partial charge is 0.226 e. The van der Waals surface area contributed by atoms with E-state index < -0.39 is 0 Å². The highest BCUT2D eigenvalue weighted by Crippen LogP contribution is 2.37. The summed E-state index contributed by atoms with van der Waals surface area (Å²) >= 11 is 0. The third kappa shape index (κ3) is 5.48. The lowest BCUT2D eigenvalue weighted by Crippen LogP contribution is -2.48. The van der Waals surface area contributed by atoms with Crippen molar-refractivity contribution in [2.75, 3.05) is 20.2 Å². The van der Waals surface area contributed by atoms with Gasteiger partial charge in [0.25, 0.3) is 0 Å². The van der Waals surface area contributed by atoms with Crippen molar-refractivity contribution < 1.29 is 14.3 Å². The maximum absolute atomic E-state index is 13.6. The van der Waals surface area contributed by atoms with Gasteiger partial charge in [-0.25, -0.2) is 0 Å². The number of ether oxygens (including phenoxy) is 2. The Morgan fingerprint density at radius 2 is 1.86 bits per heavy atom. The van der Waals surface area contributed by atoms with E-state index >= 15 is 0 Å². The summed E-state index contributed by atoms with van der Waals surface area (Å²) in [4.78, 5) is 16.1. The SMILES string of the molecule is COc1ccc(CN2CCC3(CCCn4cc(nn4)COc4ccccc4CNC3=O)CC2)cc1. The van der Waals surface area contributed by atoms with Crippen LogP contribution in [0.2, 0.25) is 0 Å². The second-order valence-corrected chi connectivity index (χ2v) is 9.56. The molecule has 35 heavy (non-hydrogen) atoms. The average molecular weight is 476 g/mol. The minimum Gasteiger partial charge on any atom is -0.497 e. The fourth-order valence-electron chi connectivity index (χ4n) is 5.12. The molecule has 2 aliphatic rings. The van der Waals surface area contributed by atoms with Gasteiger partial charge in [0.1, 0.15) is 23.8 Å². The van der Waals surface area contributed by atoms with Gasteiger partial charge in [-0.3, -0.25) is 14.4 Å². The molecule has 2 aromatic carbocycles. The van der Waals surface area contributed by atoms with Crippen LogP contribution in [0.4, 0.5) is 0 Å². The highest BCUT2D eigenvalue weighted by molar-refractivity contribution is 5.82. The molecule has 2 bridgehead atoms. The number of benzene rings is 2. The van der Waals surface area contributed by atoms with Crippen LogP contribution in [0.25, 0.3) is 0 Å². The average Bonchev–Trinajstić information content (AvgIpc) is 3.35. The number of amides is 1. The number of likely N-dealkylation sites (tertiary alicyclic amines) is 1. The number of piperidine rings is 1. The molecular formula is C27H33N5O3. The normalized spacial score (nSPS) is 18.7. The Kier molecular flexibility index (Phi) is 6.99. The summed E-state index contributed by atoms with van der Waals surface area (Å²) in [5.74, 6) is 1.78. The molecule has 1 fully saturated rings. The number of aromatic nitrogens is 3. The lowest BCUT2D eigenvalue weighted by atomic mass is 9.73. The molecule has 1 N–H and O–H groups in total. The number of nitrogens with one attached hydrogen (secondary N) is 1. The summed E-state index contributed by atoms with van der Waals surface area (Å²) in [5, 5.41) is 11.8. The number of carbonyl (C=O) groups excluding carboxylic acids is 1. The molecule has 8 nitrogen and oxygen atoms in total. The van der Waals surface area contributed by atoms with Crippen molar-refractivity contribution in [3.05, 3.63) is 71.5 Å². The van der Waals surface area contributed by atoms with Gasteiger partial charge < -0.3 is 14.8 Å². The Morgan fingerprint density at radius 3 is 2.66 bits per heavy atom. The van der Waals surface area contributed by atoms with Crippen LogP contribution in [-0.4, -0.2) is 46.0 Å². The van der Waals surface area contributed by atoms with E-state index in [1.54, 1.807) is 7.11 Å². The van der Waals surface area contributed by atoms with Gasteiger partial charge in [-0.2, -0.15) is 0 Å². The van der Waals surface area contributed by atoms with E-state index in [0.29, 0.717) is 13.2 Å². The Morgan fingerprint density at radius 1 is 1.06 bits per heavy atom. The van der Waals surface area contributed by atoms with E-state index in [4.69, 9.17) is 9.47 Å². The number of hydrogen-bond donors (Lipinski definition) is 1. The molecule has 3 aromatic rings. The van der Waals surface area contributed by atoms with Gasteiger partial charge in [0.15, 0.2) is 0 Å². The highest BCUT2D eigenvalue weighted by Gasteiger charge is 2.40. The van der Waals surface area contributed by atoms with Gasteiger partial charge >= 0.3 is 0 Å². The standard InChI is InChI=1S/C27H33N5O3/c1-34-24-9-7-21(8-10-24)18-31-15-12-27(13-16-31)11-4-14-32-19-23(29-30-32)20-35-25-6-3-2-5-22(25)17-28-26(27)33/h2-3,5-10,19H,4,11-18,20H2,1H3,(H,28,33). The molecule has 0 unspecified atom stereocenters. The number of hydrogen-bond acceptors (Lipinski definition) is 6. The first-order valence-electron chi connectivity index (χ1n) is 12.4. The molecule has 0 atom stereocenters. The number of methoxy groups -OCH3 is 1. The number of nitrogens with zero attached hydrogens (tertiary/aromatic N) is 4. The second kappa shape index (κ2) is 10.5. The van der Waals surface area contributed by atoms with Gasteiger partial charge in [-0.15, -0.1) is 5.10 Å². The van der Waals surface area contributed by atoms with Crippen molar-refractivity contribution in [1.29, 1.82) is 0 Å². The summed E-state index contributed by atoms with van der Waals surface area (Å²) < 4.78 is 13.1. The van der Waals surface area contributed by atoms with Crippen molar-refractivity contribution in [2.24, 2.45) is 5.41 Å². The quantitative estimate of drug-likeness (QED) is 0.624. The van der Waals surface area contributed by atoms with Crippen LogP contribution < -0.4 is 14.8 Å². The van der Waals surface area contributed by atoms with Crippen LogP contribution in [0.15, 0.2) is 54.7 Å². The van der Waals surface area contributed by atoms with Gasteiger partial charge in [0.2, 0.25) is 5.91 Å². The Bertz CT molecular complexity index is 1140. The second-order valence-electron chi connectivity index (χ2n) is 9.56. The van der Waals surface area contributed by atoms with E-state index in [9.17, 15) is 4.79 Å². The third-order valence-electron chi connectivity index (χ3n) is 7.28. The number of fused-ring (bicyclic) bond motifs is 3. The molecule has 0 aliphatic carbocycles. The fourth-order valence-corrected chi connectivity index (χ4v) is 5.12. The first kappa shape index (κ1) is 23.4. The molecule has 1 spiro atoms. The predicted octanol–water partition coefficient (Wildman–Crippen LogP) is 3.56. The molecule has 1 amide bonds. The van der Waals surface area contributed by atoms with Gasteiger partial charge in [-0.05, 0) is 62.5 Å². The van der Waals surface area contributed by atoms with Crippen molar-refractivity contribution in [2.45, 2.75) is 51.9 Å². The molecule has 184 valence electrons. The zero-order chi connectivity index (χ0) is 24.1. The van der Waals surface area contributed by atoms with Gasteiger partial charge in [0, 0.05) is 25.2 Å². The van der Waals surface area contributed by atoms with E-state index in [1.165, 1.54) is 5.56 Å². The molecule has 0 radical (unpaired) electrons. The van der Waals surface area contributed by atoms with E-state index in [2.05, 4.69) is 32.7 Å². The largest absolute Gasteiger partial charge is 0.497 e. The molecule has 2 aliphatic heterocycles. The number of aryl methyl sites for hydroxylation is 1. The van der Waals surface area contributed by atoms with Crippen LogP contribution in [0.3, 0.4) is 0 Å². The molecule has 8 heteroatoms. The summed E-state index contributed by atoms with van der Waals surface area (Å²) in [7, 11) is 1.68. The van der Waals surface area contributed by atoms with Crippen molar-refractivity contribution in [3.63, 3.8) is 0 Å². The highest BCUT2D eigenvalue weighted by atomic mass is 16.5. The summed E-state index contributed by atoms with van der Waals surface area (Å²) in [6, 6.07) is 16.1. The monoisotopic (exact) mass is 475 g/mol. The Hall–Kier alpha value is -3.39. The van der Waals surface area contributed by atoms with E-state index in [0.717, 1.165) is 74.6 Å². The number of para-hydroxylation sites is 1. The summed E-state index contributed by atoms with van der Waals surface area (Å²) in [6.07, 6.45) is 5.35. The van der Waals surface area contributed by atoms with Crippen molar-refractivity contribution in [3.8, 4) is 11.5 Å². The minimum atomic E-state index is -0.375. The fraction of sp³-hybridized carbons (Fsp3) is 0.444. The molecule has 1 saturated heterocycles. The maximum Gasteiger partial charge on any atom is 0.226 e. The lowest BCUT2D eigenvalue weighted by molar-refractivity contribution is -0.135. The molecule has 1 aromatic heterocycles. The zero-order valence-electron chi connectivity index (χ0n) is 20.3. The number of rotatable bonds is 3. The maximum atomic E-state index is 13.6. The van der Waals surface area contributed by atoms with Crippen LogP contribution >= 0.6 is 0 Å². The first-order chi connectivity index (χ1) is 17.1. The summed E-state index contributed by atoms with van der Waals surface area (Å²) in [5.41, 5.74) is 2.66. The molecule has 0 saturated carbocycles. The third-order valence-corrected chi connectivity index (χ3v) is 7.28. The Labute approximate surface area is 206 Å². The molecule has 3 heterocycles. The van der Waals surface area contributed by atoms with Crippen LogP contribution in [0.5, 0.6) is 11.5 Å². The first-order valence-corrected chi connectivity index (χ1v) is 12.4. The van der Waals surface area contributed by atoms with Crippen molar-refractivity contribution in [1.82, 2.24) is 25.2 Å². The van der Waals surface area contributed by atoms with Crippen LogP contribution in [-0.2, 0) is 31.0 Å². The molecular weight excluding hydrogens is 442 g/mol. The zero-order valence-corrected chi connectivity index (χ0v) is 20.3. The van der Waals surface area contributed by atoms with Crippen LogP contribution in [0.1, 0.15) is 42.5 Å². The predicted molar refractivity (Wildman–Crippen MR) is 132 cm³/mol. The minimum absolute atomic E-state index is 0.146. The van der Waals surface area contributed by atoms with Gasteiger partial charge in [-0.1, -0.05) is 35.5 Å². The van der Waals surface area contributed by atoms with E-state index in [-0.39, 0.29) is 11.3 Å². The van der Waals surface area contributed by atoms with Crippen molar-refractivity contribution >= 4 is 5.91 Å². The van der Waals surface area contributed by atoms with Gasteiger partial charge in [0.05, 0.1) is 18.7 Å². The number of carbonyl (C=O) groups is 1. The molecule has 5 rings (SSSR count). The van der Waals surface area contributed by atoms with E-state index in [1.807, 2.05) is 47.3 Å². The Balaban J connectivity index is 1.30. The van der Waals surface area contributed by atoms with Crippen LogP contribution in [0, 0.1) is 5.41 Å². The topological polar surface area (TPSA) is 81.5 Å². The summed E-state index contributed by atoms with van der Waals surface area (Å²) in [6.45, 7) is 4.24.